The molecule has 4 heteroatoms. The van der Waals surface area contributed by atoms with E-state index in [2.05, 4.69) is 38.2 Å². The van der Waals surface area contributed by atoms with Crippen molar-refractivity contribution in [1.29, 1.82) is 0 Å². The first-order valence-corrected chi connectivity index (χ1v) is 6.79. The van der Waals surface area contributed by atoms with E-state index in [1.54, 1.807) is 0 Å². The van der Waals surface area contributed by atoms with Crippen LogP contribution in [0.4, 0.5) is 10.5 Å². The standard InChI is InChI=1S/C15H22N2O2/c1-10-8-11(2)14(12(3)9-10)16-13-4-6-17(7-5-13)15(18)19/h8-9,13,16H,4-7H2,1-3H3,(H,18,19). The van der Waals surface area contributed by atoms with Crippen molar-refractivity contribution < 1.29 is 9.90 Å². The van der Waals surface area contributed by atoms with Gasteiger partial charge in [-0.3, -0.25) is 0 Å². The van der Waals surface area contributed by atoms with E-state index in [-0.39, 0.29) is 0 Å². The number of rotatable bonds is 2. The van der Waals surface area contributed by atoms with Crippen LogP contribution in [0.25, 0.3) is 0 Å². The lowest BCUT2D eigenvalue weighted by Gasteiger charge is -2.32. The summed E-state index contributed by atoms with van der Waals surface area (Å²) >= 11 is 0. The van der Waals surface area contributed by atoms with Crippen LogP contribution < -0.4 is 5.32 Å². The highest BCUT2D eigenvalue weighted by Crippen LogP contribution is 2.25. The second-order valence-electron chi connectivity index (χ2n) is 5.46. The molecule has 104 valence electrons. The average molecular weight is 262 g/mol. The Bertz CT molecular complexity index is 454. The van der Waals surface area contributed by atoms with E-state index in [9.17, 15) is 4.79 Å². The van der Waals surface area contributed by atoms with Gasteiger partial charge in [0.25, 0.3) is 0 Å². The van der Waals surface area contributed by atoms with E-state index in [1.807, 2.05) is 0 Å². The monoisotopic (exact) mass is 262 g/mol. The second-order valence-corrected chi connectivity index (χ2v) is 5.46. The smallest absolute Gasteiger partial charge is 0.407 e. The van der Waals surface area contributed by atoms with Crippen LogP contribution in [-0.2, 0) is 0 Å². The minimum atomic E-state index is -0.804. The van der Waals surface area contributed by atoms with E-state index in [1.165, 1.54) is 27.3 Å². The normalized spacial score (nSPS) is 16.5. The van der Waals surface area contributed by atoms with Crippen molar-refractivity contribution in [3.63, 3.8) is 0 Å². The van der Waals surface area contributed by atoms with Crippen molar-refractivity contribution in [3.8, 4) is 0 Å². The van der Waals surface area contributed by atoms with Gasteiger partial charge >= 0.3 is 6.09 Å². The number of nitrogens with one attached hydrogen (secondary N) is 1. The molecule has 2 rings (SSSR count). The summed E-state index contributed by atoms with van der Waals surface area (Å²) < 4.78 is 0. The van der Waals surface area contributed by atoms with Gasteiger partial charge in [-0.05, 0) is 44.7 Å². The molecule has 1 saturated heterocycles. The van der Waals surface area contributed by atoms with E-state index in [0.29, 0.717) is 19.1 Å². The zero-order valence-corrected chi connectivity index (χ0v) is 11.9. The first-order chi connectivity index (χ1) is 8.97. The zero-order chi connectivity index (χ0) is 14.0. The second kappa shape index (κ2) is 5.51. The van der Waals surface area contributed by atoms with E-state index in [4.69, 9.17) is 5.11 Å². The van der Waals surface area contributed by atoms with Gasteiger partial charge in [0.1, 0.15) is 0 Å². The highest BCUT2D eigenvalue weighted by molar-refractivity contribution is 5.65. The molecule has 19 heavy (non-hydrogen) atoms. The first kappa shape index (κ1) is 13.7. The molecule has 1 aliphatic heterocycles. The van der Waals surface area contributed by atoms with Crippen LogP contribution in [0.2, 0.25) is 0 Å². The molecule has 0 saturated carbocycles. The number of hydrogen-bond donors (Lipinski definition) is 2. The Morgan fingerprint density at radius 1 is 1.21 bits per heavy atom. The maximum absolute atomic E-state index is 10.9. The summed E-state index contributed by atoms with van der Waals surface area (Å²) in [6, 6.07) is 4.74. The molecule has 0 spiro atoms. The van der Waals surface area contributed by atoms with Gasteiger partial charge in [0, 0.05) is 24.8 Å². The topological polar surface area (TPSA) is 52.6 Å². The van der Waals surface area contributed by atoms with Crippen molar-refractivity contribution in [2.24, 2.45) is 0 Å². The number of hydrogen-bond acceptors (Lipinski definition) is 2. The predicted molar refractivity (Wildman–Crippen MR) is 76.9 cm³/mol. The van der Waals surface area contributed by atoms with Crippen LogP contribution in [0.15, 0.2) is 12.1 Å². The molecular weight excluding hydrogens is 240 g/mol. The van der Waals surface area contributed by atoms with Crippen molar-refractivity contribution in [3.05, 3.63) is 28.8 Å². The SMILES string of the molecule is Cc1cc(C)c(NC2CCN(C(=O)O)CC2)c(C)c1. The Labute approximate surface area is 114 Å². The van der Waals surface area contributed by atoms with Crippen molar-refractivity contribution >= 4 is 11.8 Å². The Hall–Kier alpha value is -1.71. The Morgan fingerprint density at radius 3 is 2.21 bits per heavy atom. The van der Waals surface area contributed by atoms with Crippen molar-refractivity contribution in [2.75, 3.05) is 18.4 Å². The number of carboxylic acid groups (broad SMARTS) is 1. The molecule has 0 radical (unpaired) electrons. The van der Waals surface area contributed by atoms with E-state index < -0.39 is 6.09 Å². The van der Waals surface area contributed by atoms with Crippen LogP contribution in [0, 0.1) is 20.8 Å². The van der Waals surface area contributed by atoms with Crippen LogP contribution in [0.1, 0.15) is 29.5 Å². The Morgan fingerprint density at radius 2 is 1.74 bits per heavy atom. The minimum Gasteiger partial charge on any atom is -0.465 e. The molecule has 1 aliphatic rings. The summed E-state index contributed by atoms with van der Waals surface area (Å²) in [5.74, 6) is 0. The summed E-state index contributed by atoms with van der Waals surface area (Å²) in [5, 5.41) is 12.5. The molecule has 1 aromatic rings. The van der Waals surface area contributed by atoms with Crippen molar-refractivity contribution in [1.82, 2.24) is 4.90 Å². The molecule has 1 fully saturated rings. The molecule has 1 amide bonds. The van der Waals surface area contributed by atoms with Gasteiger partial charge in [-0.15, -0.1) is 0 Å². The summed E-state index contributed by atoms with van der Waals surface area (Å²) in [4.78, 5) is 12.4. The fourth-order valence-electron chi connectivity index (χ4n) is 2.83. The highest BCUT2D eigenvalue weighted by Gasteiger charge is 2.22. The molecule has 1 heterocycles. The quantitative estimate of drug-likeness (QED) is 0.860. The summed E-state index contributed by atoms with van der Waals surface area (Å²) in [6.45, 7) is 7.59. The predicted octanol–water partition coefficient (Wildman–Crippen LogP) is 3.17. The van der Waals surface area contributed by atoms with Gasteiger partial charge in [-0.1, -0.05) is 17.7 Å². The van der Waals surface area contributed by atoms with Gasteiger partial charge in [-0.25, -0.2) is 4.79 Å². The molecule has 1 aromatic carbocycles. The number of amides is 1. The molecule has 0 unspecified atom stereocenters. The van der Waals surface area contributed by atoms with Gasteiger partial charge in [0.15, 0.2) is 0 Å². The fourth-order valence-corrected chi connectivity index (χ4v) is 2.83. The average Bonchev–Trinajstić information content (AvgIpc) is 2.34. The number of anilines is 1. The Balaban J connectivity index is 2.02. The van der Waals surface area contributed by atoms with Gasteiger partial charge in [0.05, 0.1) is 0 Å². The van der Waals surface area contributed by atoms with Crippen LogP contribution in [-0.4, -0.2) is 35.2 Å². The summed E-state index contributed by atoms with van der Waals surface area (Å²) in [7, 11) is 0. The summed E-state index contributed by atoms with van der Waals surface area (Å²) in [5.41, 5.74) is 5.01. The maximum Gasteiger partial charge on any atom is 0.407 e. The van der Waals surface area contributed by atoms with E-state index in [0.717, 1.165) is 12.8 Å². The first-order valence-electron chi connectivity index (χ1n) is 6.79. The molecular formula is C15H22N2O2. The van der Waals surface area contributed by atoms with E-state index >= 15 is 0 Å². The number of piperidine rings is 1. The third-order valence-corrected chi connectivity index (χ3v) is 3.79. The molecule has 4 nitrogen and oxygen atoms in total. The molecule has 0 atom stereocenters. The van der Waals surface area contributed by atoms with Crippen LogP contribution >= 0.6 is 0 Å². The van der Waals surface area contributed by atoms with Gasteiger partial charge in [0.2, 0.25) is 0 Å². The summed E-state index contributed by atoms with van der Waals surface area (Å²) in [6.07, 6.45) is 0.944. The molecule has 0 aromatic heterocycles. The number of likely N-dealkylation sites (tertiary alicyclic amines) is 1. The fraction of sp³-hybridized carbons (Fsp3) is 0.533. The number of aryl methyl sites for hydroxylation is 3. The lowest BCUT2D eigenvalue weighted by molar-refractivity contribution is 0.134. The number of carbonyl (C=O) groups is 1. The Kier molecular flexibility index (Phi) is 3.98. The molecule has 0 bridgehead atoms. The third-order valence-electron chi connectivity index (χ3n) is 3.79. The van der Waals surface area contributed by atoms with Crippen LogP contribution in [0.5, 0.6) is 0 Å². The highest BCUT2D eigenvalue weighted by atomic mass is 16.4. The van der Waals surface area contributed by atoms with Gasteiger partial charge in [-0.2, -0.15) is 0 Å². The number of nitrogens with zero attached hydrogens (tertiary/aromatic N) is 1. The zero-order valence-electron chi connectivity index (χ0n) is 11.9. The number of benzene rings is 1. The lowest BCUT2D eigenvalue weighted by atomic mass is 10.0. The largest absolute Gasteiger partial charge is 0.465 e. The maximum atomic E-state index is 10.9. The molecule has 2 N–H and O–H groups in total. The lowest BCUT2D eigenvalue weighted by Crippen LogP contribution is -2.41. The van der Waals surface area contributed by atoms with Crippen LogP contribution in [0.3, 0.4) is 0 Å². The minimum absolute atomic E-state index is 0.371. The van der Waals surface area contributed by atoms with Crippen molar-refractivity contribution in [2.45, 2.75) is 39.7 Å². The molecule has 0 aliphatic carbocycles. The third kappa shape index (κ3) is 3.19. The van der Waals surface area contributed by atoms with Gasteiger partial charge < -0.3 is 15.3 Å².